The summed E-state index contributed by atoms with van der Waals surface area (Å²) in [7, 11) is 0. The van der Waals surface area contributed by atoms with Crippen LogP contribution in [0.2, 0.25) is 0 Å². The molecule has 3 heterocycles. The van der Waals surface area contributed by atoms with Crippen molar-refractivity contribution in [2.24, 2.45) is 5.92 Å². The molecule has 0 aromatic carbocycles. The number of aromatic nitrogens is 2. The number of carboxylic acid groups (broad SMARTS) is 1. The number of carbonyl (C=O) groups is 4. The van der Waals surface area contributed by atoms with Gasteiger partial charge in [0.1, 0.15) is 36.1 Å². The molecule has 0 radical (unpaired) electrons. The summed E-state index contributed by atoms with van der Waals surface area (Å²) < 4.78 is 6.13. The lowest BCUT2D eigenvalue weighted by atomic mass is 10.0. The van der Waals surface area contributed by atoms with Crippen LogP contribution in [-0.2, 0) is 30.5 Å². The molecular weight excluding hydrogens is 434 g/mol. The van der Waals surface area contributed by atoms with E-state index in [2.05, 4.69) is 10.4 Å². The fourth-order valence-corrected chi connectivity index (χ4v) is 4.52. The summed E-state index contributed by atoms with van der Waals surface area (Å²) >= 11 is 1.26. The second-order valence-electron chi connectivity index (χ2n) is 7.01. The highest BCUT2D eigenvalue weighted by atomic mass is 32.2. The summed E-state index contributed by atoms with van der Waals surface area (Å²) in [6.07, 6.45) is 2.27. The number of carbonyl (C=O) groups excluding carboxylic acids is 3. The normalized spacial score (nSPS) is 21.1. The van der Waals surface area contributed by atoms with E-state index in [1.807, 2.05) is 0 Å². The van der Waals surface area contributed by atoms with E-state index in [0.29, 0.717) is 5.57 Å². The van der Waals surface area contributed by atoms with Gasteiger partial charge in [0.05, 0.1) is 17.4 Å². The molecule has 1 aromatic rings. The fourth-order valence-electron chi connectivity index (χ4n) is 3.19. The number of amides is 2. The first-order chi connectivity index (χ1) is 14.6. The molecule has 13 nitrogen and oxygen atoms in total. The van der Waals surface area contributed by atoms with E-state index in [-0.39, 0.29) is 30.3 Å². The molecule has 2 aliphatic rings. The number of hydrogen-bond donors (Lipinski definition) is 2. The van der Waals surface area contributed by atoms with Crippen LogP contribution in [0.4, 0.5) is 5.69 Å². The van der Waals surface area contributed by atoms with Crippen molar-refractivity contribution in [3.63, 3.8) is 0 Å². The van der Waals surface area contributed by atoms with Crippen molar-refractivity contribution in [1.82, 2.24) is 20.0 Å². The van der Waals surface area contributed by atoms with E-state index in [1.165, 1.54) is 29.6 Å². The topological polar surface area (TPSA) is 174 Å². The molecule has 31 heavy (non-hydrogen) atoms. The number of nitrogens with zero attached hydrogens (tertiary/aromatic N) is 4. The molecule has 1 saturated heterocycles. The first kappa shape index (κ1) is 22.3. The molecule has 0 bridgehead atoms. The van der Waals surface area contributed by atoms with Crippen LogP contribution in [0.5, 0.6) is 0 Å². The lowest BCUT2D eigenvalue weighted by Gasteiger charge is -2.49. The smallest absolute Gasteiger partial charge is 0.352 e. The molecule has 2 amide bonds. The Labute approximate surface area is 179 Å². The lowest BCUT2D eigenvalue weighted by Crippen LogP contribution is -2.71. The molecule has 1 aromatic heterocycles. The third kappa shape index (κ3) is 4.52. The average Bonchev–Trinajstić information content (AvgIpc) is 3.17. The summed E-state index contributed by atoms with van der Waals surface area (Å²) in [5.74, 6) is -3.36. The van der Waals surface area contributed by atoms with Gasteiger partial charge >= 0.3 is 17.6 Å². The van der Waals surface area contributed by atoms with Crippen LogP contribution in [0, 0.1) is 16.0 Å². The van der Waals surface area contributed by atoms with Gasteiger partial charge in [-0.15, -0.1) is 11.8 Å². The Bertz CT molecular complexity index is 989. The Morgan fingerprint density at radius 3 is 2.77 bits per heavy atom. The molecule has 166 valence electrons. The van der Waals surface area contributed by atoms with Gasteiger partial charge < -0.3 is 15.2 Å². The van der Waals surface area contributed by atoms with Crippen LogP contribution in [0.3, 0.4) is 0 Å². The number of carboxylic acids is 1. The zero-order chi connectivity index (χ0) is 22.9. The zero-order valence-corrected chi connectivity index (χ0v) is 17.3. The second-order valence-corrected chi connectivity index (χ2v) is 8.12. The summed E-state index contributed by atoms with van der Waals surface area (Å²) in [6.45, 7) is 2.61. The molecule has 1 fully saturated rings. The van der Waals surface area contributed by atoms with E-state index in [0.717, 1.165) is 11.1 Å². The van der Waals surface area contributed by atoms with Crippen molar-refractivity contribution < 1.29 is 33.9 Å². The third-order valence-electron chi connectivity index (χ3n) is 4.74. The van der Waals surface area contributed by atoms with Crippen molar-refractivity contribution in [3.05, 3.63) is 33.8 Å². The number of fused-ring (bicyclic) bond motifs is 1. The minimum absolute atomic E-state index is 0.0644. The molecule has 2 aliphatic heterocycles. The van der Waals surface area contributed by atoms with Gasteiger partial charge in [0.15, 0.2) is 0 Å². The highest BCUT2D eigenvalue weighted by Crippen LogP contribution is 2.40. The van der Waals surface area contributed by atoms with Crippen molar-refractivity contribution in [3.8, 4) is 0 Å². The Balaban J connectivity index is 1.64. The average molecular weight is 453 g/mol. The van der Waals surface area contributed by atoms with Crippen LogP contribution in [0.25, 0.3) is 0 Å². The number of rotatable bonds is 8. The highest BCUT2D eigenvalue weighted by Gasteiger charge is 2.54. The van der Waals surface area contributed by atoms with E-state index >= 15 is 0 Å². The zero-order valence-electron chi connectivity index (χ0n) is 16.5. The summed E-state index contributed by atoms with van der Waals surface area (Å²) in [5.41, 5.74) is -0.137. The SMILES string of the molecule is CC(=O)OCC1=C(C(=O)O)N2C(=O)[C@H](NC(=O)[C@@H](C)Cn3cc([N+](=O)[O-])cn3)[C@@H]2SC1. The summed E-state index contributed by atoms with van der Waals surface area (Å²) in [4.78, 5) is 59.0. The molecule has 14 heteroatoms. The van der Waals surface area contributed by atoms with Crippen molar-refractivity contribution in [2.75, 3.05) is 12.4 Å². The predicted molar refractivity (Wildman–Crippen MR) is 104 cm³/mol. The lowest BCUT2D eigenvalue weighted by molar-refractivity contribution is -0.385. The maximum Gasteiger partial charge on any atom is 0.352 e. The minimum Gasteiger partial charge on any atom is -0.477 e. The number of thioether (sulfide) groups is 1. The van der Waals surface area contributed by atoms with Crippen LogP contribution >= 0.6 is 11.8 Å². The van der Waals surface area contributed by atoms with Crippen molar-refractivity contribution in [2.45, 2.75) is 31.8 Å². The standard InChI is InChI=1S/C17H19N5O8S/c1-8(4-20-5-11(3-18-20)22(28)29)14(24)19-12-15(25)21-13(17(26)27)10(6-30-9(2)23)7-31-16(12)21/h3,5,8,12,16H,4,6-7H2,1-2H3,(H,19,24)(H,26,27)/t8-,12-,16-/m0/s1. The van der Waals surface area contributed by atoms with Gasteiger partial charge in [-0.1, -0.05) is 6.92 Å². The van der Waals surface area contributed by atoms with Crippen LogP contribution in [-0.4, -0.2) is 72.2 Å². The molecule has 0 saturated carbocycles. The van der Waals surface area contributed by atoms with Gasteiger partial charge in [-0.05, 0) is 0 Å². The van der Waals surface area contributed by atoms with Gasteiger partial charge in [-0.2, -0.15) is 5.10 Å². The Hall–Kier alpha value is -3.42. The second kappa shape index (κ2) is 8.75. The largest absolute Gasteiger partial charge is 0.477 e. The monoisotopic (exact) mass is 453 g/mol. The number of hydrogen-bond acceptors (Lipinski definition) is 9. The number of aliphatic carboxylic acids is 1. The van der Waals surface area contributed by atoms with Crippen LogP contribution < -0.4 is 5.32 Å². The molecule has 2 N–H and O–H groups in total. The van der Waals surface area contributed by atoms with Gasteiger partial charge in [-0.25, -0.2) is 4.79 Å². The Kier molecular flexibility index (Phi) is 6.29. The van der Waals surface area contributed by atoms with Gasteiger partial charge in [0.25, 0.3) is 5.91 Å². The van der Waals surface area contributed by atoms with Crippen molar-refractivity contribution in [1.29, 1.82) is 0 Å². The Morgan fingerprint density at radius 1 is 1.48 bits per heavy atom. The van der Waals surface area contributed by atoms with E-state index in [1.54, 1.807) is 6.92 Å². The van der Waals surface area contributed by atoms with E-state index < -0.39 is 46.0 Å². The van der Waals surface area contributed by atoms with Gasteiger partial charge in [0, 0.05) is 18.2 Å². The van der Waals surface area contributed by atoms with Crippen LogP contribution in [0.1, 0.15) is 13.8 Å². The minimum atomic E-state index is -1.32. The van der Waals surface area contributed by atoms with Gasteiger partial charge in [0.2, 0.25) is 5.91 Å². The number of nitro groups is 1. The van der Waals surface area contributed by atoms with Gasteiger partial charge in [-0.3, -0.25) is 34.1 Å². The van der Waals surface area contributed by atoms with E-state index in [9.17, 15) is 34.4 Å². The fraction of sp³-hybridized carbons (Fsp3) is 0.471. The number of nitrogens with one attached hydrogen (secondary N) is 1. The number of esters is 1. The molecule has 0 unspecified atom stereocenters. The third-order valence-corrected chi connectivity index (χ3v) is 6.08. The number of ether oxygens (including phenoxy) is 1. The molecule has 3 rings (SSSR count). The molecule has 3 atom stereocenters. The number of β-lactam (4-membered cyclic amide) rings is 1. The molecule has 0 spiro atoms. The maximum atomic E-state index is 12.6. The molecular formula is C17H19N5O8S. The molecule has 0 aliphatic carbocycles. The maximum absolute atomic E-state index is 12.6. The highest BCUT2D eigenvalue weighted by molar-refractivity contribution is 8.00. The first-order valence-corrected chi connectivity index (χ1v) is 10.2. The summed E-state index contributed by atoms with van der Waals surface area (Å²) in [6, 6.07) is -0.906. The van der Waals surface area contributed by atoms with E-state index in [4.69, 9.17) is 4.74 Å². The van der Waals surface area contributed by atoms with Crippen LogP contribution in [0.15, 0.2) is 23.7 Å². The Morgan fingerprint density at radius 2 is 2.19 bits per heavy atom. The predicted octanol–water partition coefficient (Wildman–Crippen LogP) is -0.271. The quantitative estimate of drug-likeness (QED) is 0.231. The first-order valence-electron chi connectivity index (χ1n) is 9.10. The summed E-state index contributed by atoms with van der Waals surface area (Å²) in [5, 5.41) is 26.1. The van der Waals surface area contributed by atoms with Crippen molar-refractivity contribution >= 4 is 41.2 Å².